The molecule has 0 radical (unpaired) electrons. The zero-order chi connectivity index (χ0) is 15.6. The first-order chi connectivity index (χ1) is 9.01. The fraction of sp³-hybridized carbons (Fsp3) is 0.833. The maximum Gasteiger partial charge on any atom is 0.410 e. The average molecular weight is 295 g/mol. The Labute approximate surface area is 115 Å². The number of halogens is 2. The number of carbonyl (C=O) groups excluding carboxylic acids is 1. The molecule has 116 valence electrons. The summed E-state index contributed by atoms with van der Waals surface area (Å²) in [6.45, 7) is 4.66. The highest BCUT2D eigenvalue weighted by Crippen LogP contribution is 2.28. The van der Waals surface area contributed by atoms with Gasteiger partial charge in [0.1, 0.15) is 18.1 Å². The minimum Gasteiger partial charge on any atom is -0.481 e. The maximum absolute atomic E-state index is 13.7. The minimum absolute atomic E-state index is 0.0842. The third-order valence-electron chi connectivity index (χ3n) is 2.58. The standard InChI is InChI=1S/C12H19F2NO5/c1-11(2,3)20-10(18)15-4-5-19-8(7-15)12(13,14)6-9(16)17/h8H,4-7H2,1-3H3,(H,16,17). The molecule has 0 aromatic carbocycles. The molecule has 20 heavy (non-hydrogen) atoms. The van der Waals surface area contributed by atoms with Crippen LogP contribution < -0.4 is 0 Å². The van der Waals surface area contributed by atoms with Crippen molar-refractivity contribution in [1.82, 2.24) is 4.90 Å². The highest BCUT2D eigenvalue weighted by atomic mass is 19.3. The van der Waals surface area contributed by atoms with Crippen molar-refractivity contribution in [2.45, 2.75) is 44.8 Å². The van der Waals surface area contributed by atoms with E-state index in [1.165, 1.54) is 0 Å². The van der Waals surface area contributed by atoms with Crippen LogP contribution in [0.5, 0.6) is 0 Å². The minimum atomic E-state index is -3.54. The first-order valence-electron chi connectivity index (χ1n) is 6.20. The third kappa shape index (κ3) is 4.92. The zero-order valence-electron chi connectivity index (χ0n) is 11.7. The molecule has 1 aliphatic heterocycles. The second-order valence-corrected chi connectivity index (χ2v) is 5.62. The summed E-state index contributed by atoms with van der Waals surface area (Å²) in [5, 5.41) is 8.47. The second kappa shape index (κ2) is 5.90. The van der Waals surface area contributed by atoms with Crippen molar-refractivity contribution < 1.29 is 33.0 Å². The molecule has 0 bridgehead atoms. The number of amides is 1. The highest BCUT2D eigenvalue weighted by Gasteiger charge is 2.46. The molecular formula is C12H19F2NO5. The monoisotopic (exact) mass is 295 g/mol. The van der Waals surface area contributed by atoms with Gasteiger partial charge in [0.2, 0.25) is 0 Å². The fourth-order valence-electron chi connectivity index (χ4n) is 1.71. The molecule has 0 aromatic heterocycles. The Morgan fingerprint density at radius 3 is 2.50 bits per heavy atom. The Kier molecular flexibility index (Phi) is 4.90. The van der Waals surface area contributed by atoms with Gasteiger partial charge in [-0.2, -0.15) is 0 Å². The van der Waals surface area contributed by atoms with E-state index in [1.54, 1.807) is 20.8 Å². The van der Waals surface area contributed by atoms with Gasteiger partial charge < -0.3 is 19.5 Å². The lowest BCUT2D eigenvalue weighted by Gasteiger charge is -2.36. The number of alkyl halides is 2. The normalized spacial score (nSPS) is 20.6. The largest absolute Gasteiger partial charge is 0.481 e. The van der Waals surface area contributed by atoms with Crippen LogP contribution in [0.25, 0.3) is 0 Å². The molecule has 1 aliphatic rings. The van der Waals surface area contributed by atoms with Crippen LogP contribution in [0.4, 0.5) is 13.6 Å². The van der Waals surface area contributed by atoms with Crippen molar-refractivity contribution >= 4 is 12.1 Å². The van der Waals surface area contributed by atoms with E-state index in [2.05, 4.69) is 0 Å². The first kappa shape index (κ1) is 16.6. The van der Waals surface area contributed by atoms with Crippen LogP contribution in [0.2, 0.25) is 0 Å². The van der Waals surface area contributed by atoms with Gasteiger partial charge in [0, 0.05) is 6.54 Å². The predicted molar refractivity (Wildman–Crippen MR) is 64.7 cm³/mol. The van der Waals surface area contributed by atoms with Crippen molar-refractivity contribution in [3.05, 3.63) is 0 Å². The predicted octanol–water partition coefficient (Wildman–Crippen LogP) is 1.73. The van der Waals surface area contributed by atoms with E-state index < -0.39 is 42.7 Å². The Balaban J connectivity index is 2.67. The summed E-state index contributed by atoms with van der Waals surface area (Å²) in [6, 6.07) is 0. The van der Waals surface area contributed by atoms with Gasteiger partial charge in [-0.05, 0) is 20.8 Å². The van der Waals surface area contributed by atoms with E-state index in [9.17, 15) is 18.4 Å². The molecule has 1 amide bonds. The van der Waals surface area contributed by atoms with E-state index in [0.29, 0.717) is 0 Å². The van der Waals surface area contributed by atoms with E-state index in [-0.39, 0.29) is 13.2 Å². The number of ether oxygens (including phenoxy) is 2. The van der Waals surface area contributed by atoms with E-state index in [0.717, 1.165) is 4.90 Å². The SMILES string of the molecule is CC(C)(C)OC(=O)N1CCOC(C(F)(F)CC(=O)O)C1. The lowest BCUT2D eigenvalue weighted by atomic mass is 10.1. The molecule has 6 nitrogen and oxygen atoms in total. The first-order valence-corrected chi connectivity index (χ1v) is 6.20. The number of nitrogens with zero attached hydrogens (tertiary/aromatic N) is 1. The maximum atomic E-state index is 13.7. The third-order valence-corrected chi connectivity index (χ3v) is 2.58. The van der Waals surface area contributed by atoms with Gasteiger partial charge in [-0.15, -0.1) is 0 Å². The molecule has 1 rings (SSSR count). The summed E-state index contributed by atoms with van der Waals surface area (Å²) >= 11 is 0. The number of rotatable bonds is 3. The number of carboxylic acid groups (broad SMARTS) is 1. The van der Waals surface area contributed by atoms with E-state index in [1.807, 2.05) is 0 Å². The number of hydrogen-bond donors (Lipinski definition) is 1. The molecule has 1 atom stereocenters. The van der Waals surface area contributed by atoms with Crippen LogP contribution in [-0.2, 0) is 14.3 Å². The Morgan fingerprint density at radius 1 is 1.40 bits per heavy atom. The van der Waals surface area contributed by atoms with Gasteiger partial charge in [-0.25, -0.2) is 13.6 Å². The summed E-state index contributed by atoms with van der Waals surface area (Å²) in [5.74, 6) is -5.15. The molecule has 8 heteroatoms. The topological polar surface area (TPSA) is 76.1 Å². The van der Waals surface area contributed by atoms with Crippen molar-refractivity contribution in [2.24, 2.45) is 0 Å². The number of hydrogen-bond acceptors (Lipinski definition) is 4. The molecule has 0 saturated carbocycles. The molecule has 1 heterocycles. The second-order valence-electron chi connectivity index (χ2n) is 5.62. The molecule has 0 aromatic rings. The van der Waals surface area contributed by atoms with Gasteiger partial charge in [0.05, 0.1) is 13.2 Å². The quantitative estimate of drug-likeness (QED) is 0.858. The van der Waals surface area contributed by atoms with Crippen molar-refractivity contribution in [1.29, 1.82) is 0 Å². The van der Waals surface area contributed by atoms with Crippen LogP contribution in [0, 0.1) is 0 Å². The molecule has 0 spiro atoms. The summed E-state index contributed by atoms with van der Waals surface area (Å²) in [4.78, 5) is 23.3. The number of carbonyl (C=O) groups is 2. The summed E-state index contributed by atoms with van der Waals surface area (Å²) < 4.78 is 37.3. The van der Waals surface area contributed by atoms with Crippen molar-refractivity contribution in [3.8, 4) is 0 Å². The van der Waals surface area contributed by atoms with Crippen LogP contribution in [-0.4, -0.2) is 59.4 Å². The number of aliphatic carboxylic acids is 1. The Bertz CT molecular complexity index is 381. The lowest BCUT2D eigenvalue weighted by molar-refractivity contribution is -0.178. The average Bonchev–Trinajstić information content (AvgIpc) is 2.25. The number of carboxylic acids is 1. The zero-order valence-corrected chi connectivity index (χ0v) is 11.7. The van der Waals surface area contributed by atoms with Crippen LogP contribution in [0.15, 0.2) is 0 Å². The Hall–Kier alpha value is -1.44. The molecule has 1 fully saturated rings. The Morgan fingerprint density at radius 2 is 2.00 bits per heavy atom. The van der Waals surface area contributed by atoms with Crippen molar-refractivity contribution in [2.75, 3.05) is 19.7 Å². The lowest BCUT2D eigenvalue weighted by Crippen LogP contribution is -2.53. The smallest absolute Gasteiger partial charge is 0.410 e. The molecule has 1 unspecified atom stereocenters. The molecule has 1 saturated heterocycles. The number of morpholine rings is 1. The molecular weight excluding hydrogens is 276 g/mol. The van der Waals surface area contributed by atoms with Crippen molar-refractivity contribution in [3.63, 3.8) is 0 Å². The summed E-state index contributed by atoms with van der Waals surface area (Å²) in [6.07, 6.45) is -3.68. The highest BCUT2D eigenvalue weighted by molar-refractivity contribution is 5.69. The van der Waals surface area contributed by atoms with E-state index in [4.69, 9.17) is 14.6 Å². The van der Waals surface area contributed by atoms with Crippen LogP contribution in [0.3, 0.4) is 0 Å². The van der Waals surface area contributed by atoms with Gasteiger partial charge in [-0.1, -0.05) is 0 Å². The fourth-order valence-corrected chi connectivity index (χ4v) is 1.71. The van der Waals surface area contributed by atoms with Gasteiger partial charge in [0.15, 0.2) is 0 Å². The van der Waals surface area contributed by atoms with E-state index >= 15 is 0 Å². The van der Waals surface area contributed by atoms with Crippen LogP contribution in [0.1, 0.15) is 27.2 Å². The van der Waals surface area contributed by atoms with Crippen LogP contribution >= 0.6 is 0 Å². The van der Waals surface area contributed by atoms with Gasteiger partial charge >= 0.3 is 12.1 Å². The molecule has 1 N–H and O–H groups in total. The van der Waals surface area contributed by atoms with Gasteiger partial charge in [-0.3, -0.25) is 4.79 Å². The molecule has 0 aliphatic carbocycles. The summed E-state index contributed by atoms with van der Waals surface area (Å²) in [5.41, 5.74) is -0.728. The van der Waals surface area contributed by atoms with Gasteiger partial charge in [0.25, 0.3) is 5.92 Å². The summed E-state index contributed by atoms with van der Waals surface area (Å²) in [7, 11) is 0.